The van der Waals surface area contributed by atoms with Crippen LogP contribution < -0.4 is 0 Å². The van der Waals surface area contributed by atoms with Gasteiger partial charge in [-0.1, -0.05) is 30.3 Å². The molecule has 2 aliphatic rings. The Morgan fingerprint density at radius 1 is 1.10 bits per heavy atom. The molecule has 1 aromatic carbocycles. The number of ether oxygens (including phenoxy) is 1. The van der Waals surface area contributed by atoms with Crippen LogP contribution in [0.25, 0.3) is 0 Å². The number of aromatic nitrogens is 3. The second-order valence-electron chi connectivity index (χ2n) is 8.13. The maximum absolute atomic E-state index is 13.3. The van der Waals surface area contributed by atoms with Crippen molar-refractivity contribution in [2.45, 2.75) is 31.8 Å². The molecule has 5 rings (SSSR count). The predicted molar refractivity (Wildman–Crippen MR) is 113 cm³/mol. The van der Waals surface area contributed by atoms with Crippen molar-refractivity contribution in [2.75, 3.05) is 19.8 Å². The number of rotatable bonds is 4. The highest BCUT2D eigenvalue weighted by Gasteiger charge is 2.34. The summed E-state index contributed by atoms with van der Waals surface area (Å²) in [4.78, 5) is 24.3. The van der Waals surface area contributed by atoms with Gasteiger partial charge in [-0.15, -0.1) is 0 Å². The number of hydrogen-bond donors (Lipinski definition) is 0. The largest absolute Gasteiger partial charge is 0.381 e. The fourth-order valence-corrected chi connectivity index (χ4v) is 4.65. The van der Waals surface area contributed by atoms with Crippen molar-refractivity contribution in [3.05, 3.63) is 83.7 Å². The molecule has 0 radical (unpaired) electrons. The molecule has 1 fully saturated rings. The SMILES string of the molecule is O=C(C1CCOCC1)N1Cc2ccccc2C(c2nccn2Cc2cccnc2)C1. The van der Waals surface area contributed by atoms with Gasteiger partial charge in [-0.25, -0.2) is 4.98 Å². The van der Waals surface area contributed by atoms with E-state index in [9.17, 15) is 4.79 Å². The third-order valence-electron chi connectivity index (χ3n) is 6.21. The molecule has 0 N–H and O–H groups in total. The summed E-state index contributed by atoms with van der Waals surface area (Å²) in [6, 6.07) is 12.5. The van der Waals surface area contributed by atoms with Gasteiger partial charge in [0.1, 0.15) is 5.82 Å². The van der Waals surface area contributed by atoms with Crippen LogP contribution in [-0.2, 0) is 22.6 Å². The van der Waals surface area contributed by atoms with Gasteiger partial charge in [0.05, 0.1) is 12.5 Å². The molecule has 0 aliphatic carbocycles. The summed E-state index contributed by atoms with van der Waals surface area (Å²) in [5.74, 6) is 1.38. The van der Waals surface area contributed by atoms with Crippen molar-refractivity contribution in [1.82, 2.24) is 19.4 Å². The minimum Gasteiger partial charge on any atom is -0.381 e. The number of amides is 1. The van der Waals surface area contributed by atoms with E-state index in [0.717, 1.165) is 30.8 Å². The minimum absolute atomic E-state index is 0.0606. The van der Waals surface area contributed by atoms with Crippen molar-refractivity contribution in [3.63, 3.8) is 0 Å². The van der Waals surface area contributed by atoms with E-state index < -0.39 is 0 Å². The van der Waals surface area contributed by atoms with E-state index >= 15 is 0 Å². The molecule has 6 nitrogen and oxygen atoms in total. The molecule has 0 bridgehead atoms. The second-order valence-corrected chi connectivity index (χ2v) is 8.13. The van der Waals surface area contributed by atoms with E-state index in [1.807, 2.05) is 29.6 Å². The first kappa shape index (κ1) is 19.0. The predicted octanol–water partition coefficient (Wildman–Crippen LogP) is 3.23. The Balaban J connectivity index is 1.45. The Kier molecular flexibility index (Phi) is 5.32. The van der Waals surface area contributed by atoms with Crippen molar-refractivity contribution < 1.29 is 9.53 Å². The molecule has 1 unspecified atom stereocenters. The van der Waals surface area contributed by atoms with E-state index in [0.29, 0.717) is 26.3 Å². The number of imidazole rings is 1. The molecule has 1 amide bonds. The van der Waals surface area contributed by atoms with Gasteiger partial charge in [-0.2, -0.15) is 0 Å². The van der Waals surface area contributed by atoms with Gasteiger partial charge in [0.2, 0.25) is 5.91 Å². The van der Waals surface area contributed by atoms with E-state index in [1.54, 1.807) is 6.20 Å². The number of nitrogens with zero attached hydrogens (tertiary/aromatic N) is 4. The normalized spacial score (nSPS) is 19.5. The summed E-state index contributed by atoms with van der Waals surface area (Å²) in [6.07, 6.45) is 9.18. The molecule has 2 aromatic heterocycles. The molecule has 4 heterocycles. The average Bonchev–Trinajstić information content (AvgIpc) is 3.27. The lowest BCUT2D eigenvalue weighted by atomic mass is 9.87. The van der Waals surface area contributed by atoms with Crippen LogP contribution in [0.3, 0.4) is 0 Å². The molecule has 6 heteroatoms. The Morgan fingerprint density at radius 3 is 2.80 bits per heavy atom. The maximum atomic E-state index is 13.3. The fraction of sp³-hybridized carbons (Fsp3) is 0.375. The Bertz CT molecular complexity index is 1010. The lowest BCUT2D eigenvalue weighted by Gasteiger charge is -2.37. The van der Waals surface area contributed by atoms with Crippen LogP contribution in [0, 0.1) is 5.92 Å². The number of pyridine rings is 1. The first-order valence-corrected chi connectivity index (χ1v) is 10.6. The summed E-state index contributed by atoms with van der Waals surface area (Å²) >= 11 is 0. The first-order valence-electron chi connectivity index (χ1n) is 10.6. The topological polar surface area (TPSA) is 60.2 Å². The van der Waals surface area contributed by atoms with E-state index in [2.05, 4.69) is 39.9 Å². The average molecular weight is 402 g/mol. The van der Waals surface area contributed by atoms with Gasteiger partial charge in [0.15, 0.2) is 0 Å². The number of carbonyl (C=O) groups is 1. The summed E-state index contributed by atoms with van der Waals surface area (Å²) < 4.78 is 7.64. The molecule has 154 valence electrons. The Hall–Kier alpha value is -2.99. The van der Waals surface area contributed by atoms with Gasteiger partial charge < -0.3 is 14.2 Å². The fourth-order valence-electron chi connectivity index (χ4n) is 4.65. The monoisotopic (exact) mass is 402 g/mol. The van der Waals surface area contributed by atoms with Gasteiger partial charge in [0, 0.05) is 57.0 Å². The standard InChI is InChI=1S/C24H26N4O2/c29-24(19-7-12-30-13-8-19)28-16-20-5-1-2-6-21(20)22(17-28)23-26-10-11-27(23)15-18-4-3-9-25-14-18/h1-6,9-11,14,19,22H,7-8,12-13,15-17H2. The van der Waals surface area contributed by atoms with Crippen molar-refractivity contribution >= 4 is 5.91 Å². The third-order valence-corrected chi connectivity index (χ3v) is 6.21. The van der Waals surface area contributed by atoms with Crippen LogP contribution >= 0.6 is 0 Å². The zero-order valence-corrected chi connectivity index (χ0v) is 17.0. The maximum Gasteiger partial charge on any atom is 0.226 e. The molecule has 1 saturated heterocycles. The molecular formula is C24H26N4O2. The zero-order chi connectivity index (χ0) is 20.3. The van der Waals surface area contributed by atoms with Crippen LogP contribution in [0.5, 0.6) is 0 Å². The van der Waals surface area contributed by atoms with Crippen molar-refractivity contribution in [3.8, 4) is 0 Å². The Labute approximate surface area is 176 Å². The first-order chi connectivity index (χ1) is 14.8. The highest BCUT2D eigenvalue weighted by molar-refractivity contribution is 5.79. The van der Waals surface area contributed by atoms with Crippen molar-refractivity contribution in [1.29, 1.82) is 0 Å². The van der Waals surface area contributed by atoms with Gasteiger partial charge in [0.25, 0.3) is 0 Å². The molecule has 1 atom stereocenters. The summed E-state index contributed by atoms with van der Waals surface area (Å²) in [6.45, 7) is 3.42. The lowest BCUT2D eigenvalue weighted by Crippen LogP contribution is -2.43. The van der Waals surface area contributed by atoms with E-state index in [4.69, 9.17) is 9.72 Å². The van der Waals surface area contributed by atoms with Gasteiger partial charge in [-0.05, 0) is 35.6 Å². The smallest absolute Gasteiger partial charge is 0.226 e. The molecule has 0 spiro atoms. The number of carbonyl (C=O) groups excluding carboxylic acids is 1. The summed E-state index contributed by atoms with van der Waals surface area (Å²) in [5.41, 5.74) is 3.62. The van der Waals surface area contributed by atoms with Crippen LogP contribution in [0.15, 0.2) is 61.2 Å². The summed E-state index contributed by atoms with van der Waals surface area (Å²) in [5, 5.41) is 0. The second kappa shape index (κ2) is 8.40. The number of hydrogen-bond acceptors (Lipinski definition) is 4. The van der Waals surface area contributed by atoms with Gasteiger partial charge >= 0.3 is 0 Å². The van der Waals surface area contributed by atoms with Gasteiger partial charge in [-0.3, -0.25) is 9.78 Å². The van der Waals surface area contributed by atoms with E-state index in [-0.39, 0.29) is 17.7 Å². The highest BCUT2D eigenvalue weighted by Crippen LogP contribution is 2.34. The van der Waals surface area contributed by atoms with Crippen molar-refractivity contribution in [2.24, 2.45) is 5.92 Å². The minimum atomic E-state index is 0.0606. The van der Waals surface area contributed by atoms with Crippen LogP contribution in [0.2, 0.25) is 0 Å². The van der Waals surface area contributed by atoms with E-state index in [1.165, 1.54) is 11.1 Å². The lowest BCUT2D eigenvalue weighted by molar-refractivity contribution is -0.139. The zero-order valence-electron chi connectivity index (χ0n) is 17.0. The molecule has 3 aromatic rings. The highest BCUT2D eigenvalue weighted by atomic mass is 16.5. The molecular weight excluding hydrogens is 376 g/mol. The summed E-state index contributed by atoms with van der Waals surface area (Å²) in [7, 11) is 0. The molecule has 0 saturated carbocycles. The van der Waals surface area contributed by atoms with Crippen LogP contribution in [0.1, 0.15) is 41.3 Å². The van der Waals surface area contributed by atoms with Crippen LogP contribution in [0.4, 0.5) is 0 Å². The third kappa shape index (κ3) is 3.75. The molecule has 30 heavy (non-hydrogen) atoms. The number of benzene rings is 1. The Morgan fingerprint density at radius 2 is 1.97 bits per heavy atom. The number of fused-ring (bicyclic) bond motifs is 1. The molecule has 2 aliphatic heterocycles. The van der Waals surface area contributed by atoms with Crippen LogP contribution in [-0.4, -0.2) is 45.1 Å². The quantitative estimate of drug-likeness (QED) is 0.672.